The molecule has 7 heteroatoms. The molecule has 3 rings (SSSR count). The molecule has 3 aromatic rings. The maximum Gasteiger partial charge on any atom is 0.252 e. The maximum absolute atomic E-state index is 13.0. The van der Waals surface area contributed by atoms with Gasteiger partial charge in [0.05, 0.1) is 17.6 Å². The number of nitrogens with zero attached hydrogens (tertiary/aromatic N) is 3. The largest absolute Gasteiger partial charge is 0.340 e. The molecular weight excluding hydrogens is 366 g/mol. The average molecular weight is 393 g/mol. The summed E-state index contributed by atoms with van der Waals surface area (Å²) in [5.74, 6) is -0.270. The zero-order chi connectivity index (χ0) is 21.1. The summed E-state index contributed by atoms with van der Waals surface area (Å²) in [4.78, 5) is 30.1. The van der Waals surface area contributed by atoms with Gasteiger partial charge in [-0.25, -0.2) is 4.98 Å². The van der Waals surface area contributed by atoms with Crippen molar-refractivity contribution in [3.05, 3.63) is 53.3 Å². The lowest BCUT2D eigenvalue weighted by atomic mass is 10.0. The number of anilines is 1. The van der Waals surface area contributed by atoms with Crippen LogP contribution >= 0.6 is 0 Å². The Morgan fingerprint density at radius 2 is 1.90 bits per heavy atom. The van der Waals surface area contributed by atoms with Gasteiger partial charge in [-0.15, -0.1) is 0 Å². The van der Waals surface area contributed by atoms with Crippen molar-refractivity contribution < 1.29 is 9.59 Å². The van der Waals surface area contributed by atoms with Crippen LogP contribution in [-0.2, 0) is 11.8 Å². The van der Waals surface area contributed by atoms with Crippen LogP contribution in [0.25, 0.3) is 11.0 Å². The van der Waals surface area contributed by atoms with Gasteiger partial charge in [-0.2, -0.15) is 5.10 Å². The van der Waals surface area contributed by atoms with E-state index in [1.807, 2.05) is 59.0 Å². The molecule has 29 heavy (non-hydrogen) atoms. The summed E-state index contributed by atoms with van der Waals surface area (Å²) in [5.41, 5.74) is 3.63. The highest BCUT2D eigenvalue weighted by atomic mass is 16.2. The summed E-state index contributed by atoms with van der Waals surface area (Å²) in [6.45, 7) is 7.82. The first-order valence-corrected chi connectivity index (χ1v) is 9.73. The number of fused-ring (bicyclic) bond motifs is 1. The molecule has 0 spiro atoms. The molecule has 2 N–H and O–H groups in total. The van der Waals surface area contributed by atoms with Crippen molar-refractivity contribution in [2.45, 2.75) is 40.2 Å². The first-order valence-electron chi connectivity index (χ1n) is 9.73. The van der Waals surface area contributed by atoms with Crippen LogP contribution in [0, 0.1) is 19.8 Å². The third-order valence-electron chi connectivity index (χ3n) is 4.85. The first kappa shape index (κ1) is 20.5. The Hall–Kier alpha value is -3.22. The number of aromatic nitrogens is 3. The molecule has 2 heterocycles. The van der Waals surface area contributed by atoms with Crippen molar-refractivity contribution in [3.63, 3.8) is 0 Å². The molecule has 0 aliphatic carbocycles. The summed E-state index contributed by atoms with van der Waals surface area (Å²) in [5, 5.41) is 11.0. The summed E-state index contributed by atoms with van der Waals surface area (Å²) in [6.07, 6.45) is 2.14. The van der Waals surface area contributed by atoms with Crippen molar-refractivity contribution in [2.75, 3.05) is 5.32 Å². The Morgan fingerprint density at radius 3 is 2.59 bits per heavy atom. The zero-order valence-electron chi connectivity index (χ0n) is 17.5. The lowest BCUT2D eigenvalue weighted by Crippen LogP contribution is -2.44. The van der Waals surface area contributed by atoms with Gasteiger partial charge in [-0.1, -0.05) is 32.0 Å². The van der Waals surface area contributed by atoms with Gasteiger partial charge in [0.25, 0.3) is 5.91 Å². The van der Waals surface area contributed by atoms with Gasteiger partial charge in [-0.3, -0.25) is 14.3 Å². The van der Waals surface area contributed by atoms with E-state index in [1.165, 1.54) is 0 Å². The predicted octanol–water partition coefficient (Wildman–Crippen LogP) is 3.37. The molecule has 0 aliphatic heterocycles. The fourth-order valence-corrected chi connectivity index (χ4v) is 3.37. The molecule has 0 aliphatic rings. The van der Waals surface area contributed by atoms with E-state index in [9.17, 15) is 9.59 Å². The number of aryl methyl sites for hydroxylation is 3. The van der Waals surface area contributed by atoms with E-state index in [2.05, 4.69) is 20.7 Å². The number of pyridine rings is 1. The Morgan fingerprint density at radius 1 is 1.17 bits per heavy atom. The van der Waals surface area contributed by atoms with E-state index in [0.717, 1.165) is 22.3 Å². The third-order valence-corrected chi connectivity index (χ3v) is 4.85. The maximum atomic E-state index is 13.0. The van der Waals surface area contributed by atoms with Crippen LogP contribution in [0.3, 0.4) is 0 Å². The fraction of sp³-hybridized carbons (Fsp3) is 0.364. The van der Waals surface area contributed by atoms with Crippen LogP contribution in [0.2, 0.25) is 0 Å². The second-order valence-corrected chi connectivity index (χ2v) is 7.76. The molecule has 1 aromatic carbocycles. The van der Waals surface area contributed by atoms with Crippen molar-refractivity contribution in [1.82, 2.24) is 20.1 Å². The van der Waals surface area contributed by atoms with Gasteiger partial charge < -0.3 is 10.6 Å². The van der Waals surface area contributed by atoms with Crippen LogP contribution in [0.5, 0.6) is 0 Å². The van der Waals surface area contributed by atoms with Crippen molar-refractivity contribution in [3.8, 4) is 0 Å². The average Bonchev–Trinajstić information content (AvgIpc) is 2.94. The highest BCUT2D eigenvalue weighted by Gasteiger charge is 2.23. The molecule has 7 nitrogen and oxygen atoms in total. The number of amides is 2. The molecule has 0 fully saturated rings. The normalized spacial score (nSPS) is 12.2. The minimum Gasteiger partial charge on any atom is -0.340 e. The number of benzene rings is 1. The number of nitrogens with one attached hydrogen (secondary N) is 2. The molecular formula is C22H27N5O2. The monoisotopic (exact) mass is 393 g/mol. The van der Waals surface area contributed by atoms with Crippen LogP contribution in [0.15, 0.2) is 36.5 Å². The standard InChI is InChI=1S/C22H27N5O2/c1-13(2)10-19(25-21(28)17-9-7-6-8-14(17)3)22(29)24-16-11-18-15(4)26-27(5)20(18)23-12-16/h6-9,11-13,19H,10H2,1-5H3,(H,24,29)(H,25,28). The Balaban J connectivity index is 1.79. The Kier molecular flexibility index (Phi) is 5.96. The smallest absolute Gasteiger partial charge is 0.252 e. The number of rotatable bonds is 6. The van der Waals surface area contributed by atoms with E-state index in [-0.39, 0.29) is 17.7 Å². The highest BCUT2D eigenvalue weighted by molar-refractivity contribution is 6.02. The van der Waals surface area contributed by atoms with E-state index < -0.39 is 6.04 Å². The molecule has 0 saturated carbocycles. The van der Waals surface area contributed by atoms with Gasteiger partial charge in [0.15, 0.2) is 5.65 Å². The number of hydrogen-bond donors (Lipinski definition) is 2. The van der Waals surface area contributed by atoms with Gasteiger partial charge >= 0.3 is 0 Å². The molecule has 2 amide bonds. The fourth-order valence-electron chi connectivity index (χ4n) is 3.37. The van der Waals surface area contributed by atoms with Gasteiger partial charge in [0.1, 0.15) is 6.04 Å². The number of hydrogen-bond acceptors (Lipinski definition) is 4. The zero-order valence-corrected chi connectivity index (χ0v) is 17.5. The lowest BCUT2D eigenvalue weighted by molar-refractivity contribution is -0.118. The minimum absolute atomic E-state index is 0.240. The van der Waals surface area contributed by atoms with Gasteiger partial charge in [0, 0.05) is 18.0 Å². The first-order chi connectivity index (χ1) is 13.8. The van der Waals surface area contributed by atoms with Crippen LogP contribution in [-0.4, -0.2) is 32.6 Å². The van der Waals surface area contributed by atoms with E-state index in [4.69, 9.17) is 0 Å². The molecule has 0 saturated heterocycles. The van der Waals surface area contributed by atoms with E-state index >= 15 is 0 Å². The number of carbonyl (C=O) groups excluding carboxylic acids is 2. The summed E-state index contributed by atoms with van der Waals surface area (Å²) >= 11 is 0. The molecule has 0 bridgehead atoms. The van der Waals surface area contributed by atoms with E-state index in [0.29, 0.717) is 17.7 Å². The van der Waals surface area contributed by atoms with Crippen molar-refractivity contribution >= 4 is 28.5 Å². The molecule has 0 radical (unpaired) electrons. The summed E-state index contributed by atoms with van der Waals surface area (Å²) < 4.78 is 1.71. The molecule has 152 valence electrons. The van der Waals surface area contributed by atoms with E-state index in [1.54, 1.807) is 16.9 Å². The summed E-state index contributed by atoms with van der Waals surface area (Å²) in [6, 6.07) is 8.55. The number of carbonyl (C=O) groups is 2. The molecule has 1 atom stereocenters. The quantitative estimate of drug-likeness (QED) is 0.672. The SMILES string of the molecule is Cc1ccccc1C(=O)NC(CC(C)C)C(=O)Nc1cnc2c(c1)c(C)nn2C. The van der Waals surface area contributed by atoms with Crippen molar-refractivity contribution in [1.29, 1.82) is 0 Å². The van der Waals surface area contributed by atoms with Crippen LogP contribution in [0.4, 0.5) is 5.69 Å². The second kappa shape index (κ2) is 8.43. The second-order valence-electron chi connectivity index (χ2n) is 7.76. The Labute approximate surface area is 170 Å². The lowest BCUT2D eigenvalue weighted by Gasteiger charge is -2.20. The topological polar surface area (TPSA) is 88.9 Å². The minimum atomic E-state index is -0.646. The van der Waals surface area contributed by atoms with Crippen molar-refractivity contribution in [2.24, 2.45) is 13.0 Å². The highest BCUT2D eigenvalue weighted by Crippen LogP contribution is 2.20. The van der Waals surface area contributed by atoms with Gasteiger partial charge in [0.2, 0.25) is 5.91 Å². The molecule has 2 aromatic heterocycles. The van der Waals surface area contributed by atoms with Crippen LogP contribution in [0.1, 0.15) is 41.9 Å². The third kappa shape index (κ3) is 4.62. The predicted molar refractivity (Wildman–Crippen MR) is 114 cm³/mol. The Bertz CT molecular complexity index is 1050. The van der Waals surface area contributed by atoms with Crippen LogP contribution < -0.4 is 10.6 Å². The van der Waals surface area contributed by atoms with Gasteiger partial charge in [-0.05, 0) is 43.9 Å². The molecule has 1 unspecified atom stereocenters. The summed E-state index contributed by atoms with van der Waals surface area (Å²) in [7, 11) is 1.83.